The smallest absolute Gasteiger partial charge is 0.226 e. The van der Waals surface area contributed by atoms with Crippen LogP contribution in [0, 0.1) is 6.92 Å². The van der Waals surface area contributed by atoms with Crippen molar-refractivity contribution in [3.05, 3.63) is 53.5 Å². The molecule has 2 amide bonds. The normalized spacial score (nSPS) is 17.9. The lowest BCUT2D eigenvalue weighted by atomic mass is 9.78. The minimum absolute atomic E-state index is 0.00814. The first-order chi connectivity index (χ1) is 14.5. The molecule has 0 atom stereocenters. The third kappa shape index (κ3) is 4.59. The second-order valence-corrected chi connectivity index (χ2v) is 7.77. The van der Waals surface area contributed by atoms with Crippen LogP contribution in [0.25, 0.3) is 11.5 Å². The molecule has 0 aliphatic heterocycles. The topological polar surface area (TPSA) is 113 Å². The van der Waals surface area contributed by atoms with Gasteiger partial charge in [-0.15, -0.1) is 0 Å². The molecule has 0 spiro atoms. The zero-order chi connectivity index (χ0) is 21.1. The summed E-state index contributed by atoms with van der Waals surface area (Å²) in [6.07, 6.45) is 4.15. The number of oxazole rings is 1. The summed E-state index contributed by atoms with van der Waals surface area (Å²) in [5.41, 5.74) is 2.95. The van der Waals surface area contributed by atoms with Crippen LogP contribution in [0.1, 0.15) is 49.1 Å². The Bertz CT molecular complexity index is 1050. The van der Waals surface area contributed by atoms with Crippen molar-refractivity contribution in [3.63, 3.8) is 0 Å². The number of benzene rings is 1. The van der Waals surface area contributed by atoms with Crippen LogP contribution in [0.5, 0.6) is 0 Å². The Hall–Kier alpha value is -3.42. The molecule has 8 heteroatoms. The summed E-state index contributed by atoms with van der Waals surface area (Å²) >= 11 is 0. The molecule has 156 valence electrons. The number of nitrogens with zero attached hydrogens (tertiary/aromatic N) is 2. The van der Waals surface area contributed by atoms with Crippen LogP contribution in [0.4, 0.5) is 5.82 Å². The highest BCUT2D eigenvalue weighted by molar-refractivity contribution is 5.89. The maximum atomic E-state index is 12.3. The van der Waals surface area contributed by atoms with E-state index in [1.54, 1.807) is 6.20 Å². The van der Waals surface area contributed by atoms with Gasteiger partial charge in [0.25, 0.3) is 0 Å². The van der Waals surface area contributed by atoms with Gasteiger partial charge in [0, 0.05) is 43.4 Å². The number of nitrogens with one attached hydrogen (secondary N) is 3. The number of rotatable bonds is 7. The van der Waals surface area contributed by atoms with E-state index in [-0.39, 0.29) is 24.3 Å². The number of anilines is 1. The second kappa shape index (κ2) is 8.52. The van der Waals surface area contributed by atoms with Crippen LogP contribution >= 0.6 is 0 Å². The second-order valence-electron chi connectivity index (χ2n) is 7.77. The van der Waals surface area contributed by atoms with Crippen molar-refractivity contribution in [2.45, 2.75) is 51.5 Å². The monoisotopic (exact) mass is 407 g/mol. The summed E-state index contributed by atoms with van der Waals surface area (Å²) in [6, 6.07) is 9.97. The molecule has 2 aromatic heterocycles. The van der Waals surface area contributed by atoms with Crippen molar-refractivity contribution < 1.29 is 14.0 Å². The minimum Gasteiger partial charge on any atom is -0.441 e. The molecule has 3 aromatic rings. The molecule has 4 rings (SSSR count). The standard InChI is InChI=1S/C22H25N5O3/c1-13-5-3-4-6-18(13)22-23-12-17(30-22)7-8-21(29)25-20-11-19(26-27-20)15-9-16(10-15)24-14(2)28/h3-6,11-12,15-16H,7-10H2,1-2H3,(H,24,28)(H2,25,26,27,29). The van der Waals surface area contributed by atoms with Crippen molar-refractivity contribution in [3.8, 4) is 11.5 Å². The average Bonchev–Trinajstić information content (AvgIpc) is 3.32. The fourth-order valence-electron chi connectivity index (χ4n) is 3.68. The number of carbonyl (C=O) groups is 2. The molecule has 0 bridgehead atoms. The number of amides is 2. The van der Waals surface area contributed by atoms with Gasteiger partial charge in [0.05, 0.1) is 11.9 Å². The molecule has 8 nitrogen and oxygen atoms in total. The fraction of sp³-hybridized carbons (Fsp3) is 0.364. The first kappa shape index (κ1) is 19.9. The van der Waals surface area contributed by atoms with Gasteiger partial charge in [-0.05, 0) is 31.4 Å². The Morgan fingerprint density at radius 3 is 2.83 bits per heavy atom. The van der Waals surface area contributed by atoms with Crippen molar-refractivity contribution >= 4 is 17.6 Å². The lowest BCUT2D eigenvalue weighted by Gasteiger charge is -2.34. The molecular weight excluding hydrogens is 382 g/mol. The number of H-pyrrole nitrogens is 1. The summed E-state index contributed by atoms with van der Waals surface area (Å²) in [5.74, 6) is 2.00. The van der Waals surface area contributed by atoms with E-state index in [9.17, 15) is 9.59 Å². The molecule has 1 fully saturated rings. The third-order valence-corrected chi connectivity index (χ3v) is 5.36. The highest BCUT2D eigenvalue weighted by atomic mass is 16.4. The SMILES string of the molecule is CC(=O)NC1CC(c2cc(NC(=O)CCc3cnc(-c4ccccc4C)o3)[nH]n2)C1. The van der Waals surface area contributed by atoms with Gasteiger partial charge in [-0.2, -0.15) is 5.10 Å². The summed E-state index contributed by atoms with van der Waals surface area (Å²) in [4.78, 5) is 27.7. The molecule has 3 N–H and O–H groups in total. The number of hydrogen-bond acceptors (Lipinski definition) is 5. The number of aryl methyl sites for hydroxylation is 2. The number of hydrogen-bond donors (Lipinski definition) is 3. The zero-order valence-corrected chi connectivity index (χ0v) is 17.1. The van der Waals surface area contributed by atoms with Gasteiger partial charge in [-0.3, -0.25) is 14.7 Å². The van der Waals surface area contributed by atoms with Gasteiger partial charge in [0.15, 0.2) is 0 Å². The first-order valence-electron chi connectivity index (χ1n) is 10.1. The Labute approximate surface area is 174 Å². The summed E-state index contributed by atoms with van der Waals surface area (Å²) in [7, 11) is 0. The number of carbonyl (C=O) groups excluding carboxylic acids is 2. The predicted octanol–water partition coefficient (Wildman–Crippen LogP) is 3.33. The van der Waals surface area contributed by atoms with Crippen molar-refractivity contribution in [1.82, 2.24) is 20.5 Å². The van der Waals surface area contributed by atoms with Crippen molar-refractivity contribution in [1.29, 1.82) is 0 Å². The van der Waals surface area contributed by atoms with Gasteiger partial charge in [0.2, 0.25) is 17.7 Å². The van der Waals surface area contributed by atoms with Gasteiger partial charge in [-0.1, -0.05) is 18.2 Å². The van der Waals surface area contributed by atoms with Crippen LogP contribution in [0.3, 0.4) is 0 Å². The van der Waals surface area contributed by atoms with E-state index in [2.05, 4.69) is 25.8 Å². The summed E-state index contributed by atoms with van der Waals surface area (Å²) in [5, 5.41) is 12.9. The van der Waals surface area contributed by atoms with Gasteiger partial charge in [-0.25, -0.2) is 4.98 Å². The fourth-order valence-corrected chi connectivity index (χ4v) is 3.68. The summed E-state index contributed by atoms with van der Waals surface area (Å²) in [6.45, 7) is 3.53. The lowest BCUT2D eigenvalue weighted by Crippen LogP contribution is -2.42. The van der Waals surface area contributed by atoms with E-state index in [0.717, 1.165) is 29.7 Å². The van der Waals surface area contributed by atoms with Crippen molar-refractivity contribution in [2.24, 2.45) is 0 Å². The van der Waals surface area contributed by atoms with Crippen LogP contribution in [-0.4, -0.2) is 33.0 Å². The third-order valence-electron chi connectivity index (χ3n) is 5.36. The molecule has 30 heavy (non-hydrogen) atoms. The molecule has 1 aliphatic rings. The van der Waals surface area contributed by atoms with Crippen LogP contribution in [0.15, 0.2) is 40.9 Å². The van der Waals surface area contributed by atoms with Crippen LogP contribution < -0.4 is 10.6 Å². The molecule has 2 heterocycles. The number of aromatic nitrogens is 3. The average molecular weight is 407 g/mol. The first-order valence-corrected chi connectivity index (χ1v) is 10.1. The summed E-state index contributed by atoms with van der Waals surface area (Å²) < 4.78 is 5.81. The van der Waals surface area contributed by atoms with Crippen molar-refractivity contribution in [2.75, 3.05) is 5.32 Å². The molecule has 1 aliphatic carbocycles. The molecule has 0 radical (unpaired) electrons. The Morgan fingerprint density at radius 1 is 1.27 bits per heavy atom. The zero-order valence-electron chi connectivity index (χ0n) is 17.1. The molecule has 0 saturated heterocycles. The highest BCUT2D eigenvalue weighted by Gasteiger charge is 2.32. The molecular formula is C22H25N5O3. The van der Waals surface area contributed by atoms with E-state index < -0.39 is 0 Å². The Morgan fingerprint density at radius 2 is 2.07 bits per heavy atom. The highest BCUT2D eigenvalue weighted by Crippen LogP contribution is 2.36. The van der Waals surface area contributed by atoms with E-state index in [1.165, 1.54) is 6.92 Å². The van der Waals surface area contributed by atoms with E-state index in [1.807, 2.05) is 37.3 Å². The number of aromatic amines is 1. The quantitative estimate of drug-likeness (QED) is 0.556. The molecule has 0 unspecified atom stereocenters. The predicted molar refractivity (Wildman–Crippen MR) is 112 cm³/mol. The Balaban J connectivity index is 1.26. The van der Waals surface area contributed by atoms with Crippen LogP contribution in [0.2, 0.25) is 0 Å². The minimum atomic E-state index is -0.122. The van der Waals surface area contributed by atoms with Crippen LogP contribution in [-0.2, 0) is 16.0 Å². The van der Waals surface area contributed by atoms with Gasteiger partial charge >= 0.3 is 0 Å². The Kier molecular flexibility index (Phi) is 5.65. The van der Waals surface area contributed by atoms with E-state index in [4.69, 9.17) is 4.42 Å². The molecule has 1 saturated carbocycles. The van der Waals surface area contributed by atoms with Gasteiger partial charge in [0.1, 0.15) is 11.6 Å². The molecule has 1 aromatic carbocycles. The lowest BCUT2D eigenvalue weighted by molar-refractivity contribution is -0.120. The van der Waals surface area contributed by atoms with E-state index >= 15 is 0 Å². The van der Waals surface area contributed by atoms with Gasteiger partial charge < -0.3 is 15.1 Å². The maximum absolute atomic E-state index is 12.3. The maximum Gasteiger partial charge on any atom is 0.226 e. The largest absolute Gasteiger partial charge is 0.441 e. The van der Waals surface area contributed by atoms with E-state index in [0.29, 0.717) is 29.8 Å².